The van der Waals surface area contributed by atoms with Gasteiger partial charge in [-0.3, -0.25) is 14.4 Å². The van der Waals surface area contributed by atoms with Gasteiger partial charge in [-0.2, -0.15) is 0 Å². The lowest BCUT2D eigenvalue weighted by Crippen LogP contribution is -2.30. The van der Waals surface area contributed by atoms with E-state index in [0.717, 1.165) is 12.8 Å². The van der Waals surface area contributed by atoms with Crippen LogP contribution in [-0.4, -0.2) is 30.8 Å². The van der Waals surface area contributed by atoms with Crippen molar-refractivity contribution in [2.75, 3.05) is 23.7 Å². The second-order valence-electron chi connectivity index (χ2n) is 6.39. The molecule has 1 saturated carbocycles. The van der Waals surface area contributed by atoms with Crippen LogP contribution in [-0.2, 0) is 4.79 Å². The molecule has 2 aromatic carbocycles. The number of amides is 3. The normalized spacial score (nSPS) is 12.9. The summed E-state index contributed by atoms with van der Waals surface area (Å²) in [6, 6.07) is 13.4. The van der Waals surface area contributed by atoms with Gasteiger partial charge in [0.15, 0.2) is 0 Å². The van der Waals surface area contributed by atoms with Gasteiger partial charge in [-0.1, -0.05) is 12.1 Å². The monoisotopic (exact) mass is 366 g/mol. The Hall–Kier alpha value is -3.19. The molecule has 0 aliphatic heterocycles. The first kappa shape index (κ1) is 18.6. The van der Waals surface area contributed by atoms with Crippen LogP contribution in [0.5, 0.6) is 0 Å². The standard InChI is InChI=1S/C20H22N4O3/c21-11-12-22-20(27)16-3-1-2-4-17(16)24-19(26)14-7-9-15(10-8-14)23-18(25)13-5-6-13/h1-4,7-10,13H,5-6,11-12,21H2,(H,22,27)(H,23,25)(H,24,26). The highest BCUT2D eigenvalue weighted by Crippen LogP contribution is 2.30. The number of nitrogens with one attached hydrogen (secondary N) is 3. The Morgan fingerprint density at radius 2 is 1.63 bits per heavy atom. The fourth-order valence-electron chi connectivity index (χ4n) is 2.56. The Bertz CT molecular complexity index is 845. The minimum atomic E-state index is -0.339. The van der Waals surface area contributed by atoms with Crippen molar-refractivity contribution in [2.24, 2.45) is 11.7 Å². The fourth-order valence-corrected chi connectivity index (χ4v) is 2.56. The first-order valence-corrected chi connectivity index (χ1v) is 8.88. The Labute approximate surface area is 157 Å². The van der Waals surface area contributed by atoms with Crippen molar-refractivity contribution in [1.29, 1.82) is 0 Å². The molecule has 1 fully saturated rings. The molecule has 0 aromatic heterocycles. The fraction of sp³-hybridized carbons (Fsp3) is 0.250. The van der Waals surface area contributed by atoms with Crippen LogP contribution in [0.2, 0.25) is 0 Å². The second kappa shape index (κ2) is 8.46. The minimum absolute atomic E-state index is 0.0182. The zero-order valence-electron chi connectivity index (χ0n) is 14.8. The van der Waals surface area contributed by atoms with E-state index in [1.165, 1.54) is 0 Å². The third kappa shape index (κ3) is 4.92. The number of hydrogen-bond donors (Lipinski definition) is 4. The van der Waals surface area contributed by atoms with Gasteiger partial charge >= 0.3 is 0 Å². The van der Waals surface area contributed by atoms with Gasteiger partial charge in [-0.15, -0.1) is 0 Å². The van der Waals surface area contributed by atoms with Crippen LogP contribution in [0, 0.1) is 5.92 Å². The van der Waals surface area contributed by atoms with Crippen LogP contribution in [0.15, 0.2) is 48.5 Å². The number of hydrogen-bond acceptors (Lipinski definition) is 4. The number of carbonyl (C=O) groups excluding carboxylic acids is 3. The van der Waals surface area contributed by atoms with Gasteiger partial charge in [0.2, 0.25) is 5.91 Å². The van der Waals surface area contributed by atoms with E-state index in [9.17, 15) is 14.4 Å². The first-order chi connectivity index (χ1) is 13.1. The van der Waals surface area contributed by atoms with Crippen LogP contribution in [0.4, 0.5) is 11.4 Å². The summed E-state index contributed by atoms with van der Waals surface area (Å²) in [6.07, 6.45) is 1.87. The smallest absolute Gasteiger partial charge is 0.255 e. The van der Waals surface area contributed by atoms with Crippen LogP contribution in [0.25, 0.3) is 0 Å². The number of rotatable bonds is 7. The predicted octanol–water partition coefficient (Wildman–Crippen LogP) is 1.98. The molecule has 27 heavy (non-hydrogen) atoms. The Balaban J connectivity index is 1.66. The molecule has 0 spiro atoms. The Morgan fingerprint density at radius 1 is 0.926 bits per heavy atom. The van der Waals surface area contributed by atoms with E-state index in [1.54, 1.807) is 48.5 Å². The van der Waals surface area contributed by atoms with Gasteiger partial charge in [0, 0.05) is 30.3 Å². The zero-order valence-corrected chi connectivity index (χ0v) is 14.8. The maximum absolute atomic E-state index is 12.5. The van der Waals surface area contributed by atoms with E-state index in [0.29, 0.717) is 35.6 Å². The quantitative estimate of drug-likeness (QED) is 0.600. The highest BCUT2D eigenvalue weighted by molar-refractivity contribution is 6.09. The summed E-state index contributed by atoms with van der Waals surface area (Å²) >= 11 is 0. The van der Waals surface area contributed by atoms with Gasteiger partial charge in [0.25, 0.3) is 11.8 Å². The lowest BCUT2D eigenvalue weighted by atomic mass is 10.1. The molecule has 3 amide bonds. The molecule has 140 valence electrons. The molecule has 1 aliphatic rings. The van der Waals surface area contributed by atoms with Gasteiger partial charge < -0.3 is 21.7 Å². The van der Waals surface area contributed by atoms with Crippen LogP contribution in [0.1, 0.15) is 33.6 Å². The summed E-state index contributed by atoms with van der Waals surface area (Å²) in [5.41, 5.74) is 7.27. The summed E-state index contributed by atoms with van der Waals surface area (Å²) in [4.78, 5) is 36.5. The van der Waals surface area contributed by atoms with Crippen molar-refractivity contribution in [2.45, 2.75) is 12.8 Å². The third-order valence-electron chi connectivity index (χ3n) is 4.21. The molecule has 5 N–H and O–H groups in total. The zero-order chi connectivity index (χ0) is 19.2. The molecule has 0 saturated heterocycles. The molecular formula is C20H22N4O3. The predicted molar refractivity (Wildman–Crippen MR) is 104 cm³/mol. The number of benzene rings is 2. The summed E-state index contributed by atoms with van der Waals surface area (Å²) in [7, 11) is 0. The van der Waals surface area contributed by atoms with Crippen molar-refractivity contribution >= 4 is 29.1 Å². The minimum Gasteiger partial charge on any atom is -0.351 e. The number of nitrogens with two attached hydrogens (primary N) is 1. The van der Waals surface area contributed by atoms with Gasteiger partial charge in [-0.05, 0) is 49.2 Å². The van der Waals surface area contributed by atoms with E-state index in [1.807, 2.05) is 0 Å². The van der Waals surface area contributed by atoms with Crippen molar-refractivity contribution in [3.05, 3.63) is 59.7 Å². The van der Waals surface area contributed by atoms with Gasteiger partial charge in [0.1, 0.15) is 0 Å². The van der Waals surface area contributed by atoms with Crippen LogP contribution >= 0.6 is 0 Å². The molecule has 0 radical (unpaired) electrons. The summed E-state index contributed by atoms with van der Waals surface area (Å²) in [5, 5.41) is 8.27. The number of anilines is 2. The Morgan fingerprint density at radius 3 is 2.30 bits per heavy atom. The summed E-state index contributed by atoms with van der Waals surface area (Å²) in [5.74, 6) is -0.497. The molecule has 0 unspecified atom stereocenters. The molecule has 3 rings (SSSR count). The van der Waals surface area contributed by atoms with E-state index >= 15 is 0 Å². The molecular weight excluding hydrogens is 344 g/mol. The SMILES string of the molecule is NCCNC(=O)c1ccccc1NC(=O)c1ccc(NC(=O)C2CC2)cc1. The lowest BCUT2D eigenvalue weighted by Gasteiger charge is -2.11. The summed E-state index contributed by atoms with van der Waals surface area (Å²) in [6.45, 7) is 0.694. The largest absolute Gasteiger partial charge is 0.351 e. The summed E-state index contributed by atoms with van der Waals surface area (Å²) < 4.78 is 0. The molecule has 7 heteroatoms. The second-order valence-corrected chi connectivity index (χ2v) is 6.39. The average molecular weight is 366 g/mol. The third-order valence-corrected chi connectivity index (χ3v) is 4.21. The highest BCUT2D eigenvalue weighted by atomic mass is 16.2. The van der Waals surface area contributed by atoms with Crippen molar-refractivity contribution in [3.8, 4) is 0 Å². The number of carbonyl (C=O) groups is 3. The average Bonchev–Trinajstić information content (AvgIpc) is 3.52. The maximum Gasteiger partial charge on any atom is 0.255 e. The number of para-hydroxylation sites is 1. The first-order valence-electron chi connectivity index (χ1n) is 8.88. The van der Waals surface area contributed by atoms with E-state index in [-0.39, 0.29) is 23.6 Å². The van der Waals surface area contributed by atoms with Crippen LogP contribution < -0.4 is 21.7 Å². The lowest BCUT2D eigenvalue weighted by molar-refractivity contribution is -0.117. The Kier molecular flexibility index (Phi) is 5.83. The molecule has 2 aromatic rings. The van der Waals surface area contributed by atoms with Crippen molar-refractivity contribution < 1.29 is 14.4 Å². The van der Waals surface area contributed by atoms with E-state index in [4.69, 9.17) is 5.73 Å². The van der Waals surface area contributed by atoms with E-state index in [2.05, 4.69) is 16.0 Å². The molecule has 0 heterocycles. The van der Waals surface area contributed by atoms with Gasteiger partial charge in [-0.25, -0.2) is 0 Å². The maximum atomic E-state index is 12.5. The molecule has 1 aliphatic carbocycles. The van der Waals surface area contributed by atoms with E-state index < -0.39 is 0 Å². The highest BCUT2D eigenvalue weighted by Gasteiger charge is 2.29. The van der Waals surface area contributed by atoms with Crippen LogP contribution in [0.3, 0.4) is 0 Å². The van der Waals surface area contributed by atoms with Crippen molar-refractivity contribution in [1.82, 2.24) is 5.32 Å². The van der Waals surface area contributed by atoms with Gasteiger partial charge in [0.05, 0.1) is 11.3 Å². The van der Waals surface area contributed by atoms with Crippen molar-refractivity contribution in [3.63, 3.8) is 0 Å². The topological polar surface area (TPSA) is 113 Å². The molecule has 0 bridgehead atoms. The molecule has 0 atom stereocenters. The molecule has 7 nitrogen and oxygen atoms in total.